The molecule has 0 aromatic carbocycles. The van der Waals surface area contributed by atoms with Crippen molar-refractivity contribution in [2.45, 2.75) is 33.7 Å². The number of pyridine rings is 1. The van der Waals surface area contributed by atoms with E-state index in [9.17, 15) is 0 Å². The second kappa shape index (κ2) is 6.06. The van der Waals surface area contributed by atoms with E-state index >= 15 is 0 Å². The number of thiocarbonyl (C=S) groups is 1. The highest BCUT2D eigenvalue weighted by Gasteiger charge is 2.16. The number of aromatic nitrogens is 3. The van der Waals surface area contributed by atoms with Gasteiger partial charge in [-0.25, -0.2) is 9.97 Å². The van der Waals surface area contributed by atoms with E-state index in [1.54, 1.807) is 6.20 Å². The number of rotatable bonds is 5. The molecule has 6 heteroatoms. The van der Waals surface area contributed by atoms with E-state index in [-0.39, 0.29) is 5.92 Å². The first kappa shape index (κ1) is 15.2. The third-order valence-electron chi connectivity index (χ3n) is 3.16. The number of nitrogens with zero attached hydrogens (tertiary/aromatic N) is 3. The SMILES string of the molecule is CC(C)Cc1nc2cc(Cl)cnc2n1CC(C)C(N)=S. The van der Waals surface area contributed by atoms with E-state index in [4.69, 9.17) is 29.6 Å². The van der Waals surface area contributed by atoms with Crippen molar-refractivity contribution in [3.05, 3.63) is 23.1 Å². The summed E-state index contributed by atoms with van der Waals surface area (Å²) in [5.41, 5.74) is 7.39. The van der Waals surface area contributed by atoms with E-state index in [1.807, 2.05) is 13.0 Å². The van der Waals surface area contributed by atoms with Crippen molar-refractivity contribution in [1.29, 1.82) is 0 Å². The summed E-state index contributed by atoms with van der Waals surface area (Å²) in [7, 11) is 0. The van der Waals surface area contributed by atoms with Gasteiger partial charge < -0.3 is 10.3 Å². The maximum absolute atomic E-state index is 5.99. The van der Waals surface area contributed by atoms with Crippen LogP contribution in [0.1, 0.15) is 26.6 Å². The lowest BCUT2D eigenvalue weighted by Gasteiger charge is -2.14. The molecule has 0 amide bonds. The van der Waals surface area contributed by atoms with E-state index in [0.717, 1.165) is 23.4 Å². The van der Waals surface area contributed by atoms with E-state index < -0.39 is 0 Å². The average molecular weight is 311 g/mol. The molecule has 2 N–H and O–H groups in total. The van der Waals surface area contributed by atoms with E-state index in [2.05, 4.69) is 28.4 Å². The normalized spacial score (nSPS) is 13.1. The first-order valence-corrected chi connectivity index (χ1v) is 7.47. The van der Waals surface area contributed by atoms with Gasteiger partial charge in [-0.15, -0.1) is 0 Å². The maximum atomic E-state index is 5.99. The Balaban J connectivity index is 2.49. The van der Waals surface area contributed by atoms with Gasteiger partial charge in [-0.1, -0.05) is 44.6 Å². The van der Waals surface area contributed by atoms with E-state index in [1.165, 1.54) is 0 Å². The first-order valence-electron chi connectivity index (χ1n) is 6.68. The molecule has 1 unspecified atom stereocenters. The third kappa shape index (κ3) is 3.27. The summed E-state index contributed by atoms with van der Waals surface area (Å²) >= 11 is 11.1. The molecule has 20 heavy (non-hydrogen) atoms. The second-order valence-electron chi connectivity index (χ2n) is 5.54. The highest BCUT2D eigenvalue weighted by Crippen LogP contribution is 2.21. The van der Waals surface area contributed by atoms with Crippen molar-refractivity contribution in [3.63, 3.8) is 0 Å². The van der Waals surface area contributed by atoms with Gasteiger partial charge >= 0.3 is 0 Å². The number of imidazole rings is 1. The van der Waals surface area contributed by atoms with Crippen LogP contribution < -0.4 is 5.73 Å². The Labute approximate surface area is 129 Å². The van der Waals surface area contributed by atoms with Gasteiger partial charge in [0.15, 0.2) is 5.65 Å². The molecule has 0 spiro atoms. The topological polar surface area (TPSA) is 56.7 Å². The summed E-state index contributed by atoms with van der Waals surface area (Å²) in [6, 6.07) is 1.84. The largest absolute Gasteiger partial charge is 0.393 e. The first-order chi connectivity index (χ1) is 9.38. The minimum atomic E-state index is 0.103. The molecule has 108 valence electrons. The quantitative estimate of drug-likeness (QED) is 0.862. The lowest BCUT2D eigenvalue weighted by Crippen LogP contribution is -2.24. The van der Waals surface area contributed by atoms with Gasteiger partial charge in [-0.3, -0.25) is 0 Å². The number of hydrogen-bond acceptors (Lipinski definition) is 3. The molecule has 2 heterocycles. The third-order valence-corrected chi connectivity index (χ3v) is 3.77. The van der Waals surface area contributed by atoms with Gasteiger partial charge in [-0.2, -0.15) is 0 Å². The number of nitrogens with two attached hydrogens (primary N) is 1. The summed E-state index contributed by atoms with van der Waals surface area (Å²) in [6.07, 6.45) is 2.53. The summed E-state index contributed by atoms with van der Waals surface area (Å²) in [5.74, 6) is 1.62. The monoisotopic (exact) mass is 310 g/mol. The molecular weight excluding hydrogens is 292 g/mol. The fourth-order valence-electron chi connectivity index (χ4n) is 2.11. The lowest BCUT2D eigenvalue weighted by molar-refractivity contribution is 0.543. The van der Waals surface area contributed by atoms with Crippen LogP contribution >= 0.6 is 23.8 Å². The number of hydrogen-bond donors (Lipinski definition) is 1. The lowest BCUT2D eigenvalue weighted by atomic mass is 10.1. The Hall–Kier alpha value is -1.20. The Morgan fingerprint density at radius 3 is 2.75 bits per heavy atom. The molecule has 2 aromatic heterocycles. The zero-order chi connectivity index (χ0) is 14.9. The van der Waals surface area contributed by atoms with Gasteiger partial charge in [0.2, 0.25) is 0 Å². The van der Waals surface area contributed by atoms with Gasteiger partial charge in [-0.05, 0) is 12.0 Å². The van der Waals surface area contributed by atoms with Crippen LogP contribution in [-0.4, -0.2) is 19.5 Å². The molecule has 2 rings (SSSR count). The Morgan fingerprint density at radius 1 is 1.45 bits per heavy atom. The fraction of sp³-hybridized carbons (Fsp3) is 0.500. The molecule has 4 nitrogen and oxygen atoms in total. The molecule has 0 fully saturated rings. The van der Waals surface area contributed by atoms with Crippen molar-refractivity contribution >= 4 is 40.0 Å². The van der Waals surface area contributed by atoms with Crippen molar-refractivity contribution in [2.75, 3.05) is 0 Å². The van der Waals surface area contributed by atoms with Gasteiger partial charge in [0.05, 0.1) is 10.0 Å². The van der Waals surface area contributed by atoms with Gasteiger partial charge in [0, 0.05) is 25.1 Å². The fourth-order valence-corrected chi connectivity index (χ4v) is 2.34. The van der Waals surface area contributed by atoms with Crippen molar-refractivity contribution in [3.8, 4) is 0 Å². The molecule has 2 aromatic rings. The highest BCUT2D eigenvalue weighted by atomic mass is 35.5. The van der Waals surface area contributed by atoms with Crippen LogP contribution in [0.15, 0.2) is 12.3 Å². The van der Waals surface area contributed by atoms with E-state index in [0.29, 0.717) is 22.5 Å². The molecular formula is C14H19ClN4S. The standard InChI is InChI=1S/C14H19ClN4S/c1-8(2)4-12-18-11-5-10(15)6-17-14(11)19(12)7-9(3)13(16)20/h5-6,8-9H,4,7H2,1-3H3,(H2,16,20). The minimum Gasteiger partial charge on any atom is -0.393 e. The maximum Gasteiger partial charge on any atom is 0.160 e. The Kier molecular flexibility index (Phi) is 4.60. The predicted octanol–water partition coefficient (Wildman–Crippen LogP) is 3.21. The Morgan fingerprint density at radius 2 is 2.15 bits per heavy atom. The van der Waals surface area contributed by atoms with Crippen LogP contribution in [0.4, 0.5) is 0 Å². The predicted molar refractivity (Wildman–Crippen MR) is 87.0 cm³/mol. The van der Waals surface area contributed by atoms with Crippen LogP contribution in [0.3, 0.4) is 0 Å². The average Bonchev–Trinajstić information content (AvgIpc) is 2.65. The zero-order valence-electron chi connectivity index (χ0n) is 11.9. The molecule has 0 aliphatic heterocycles. The van der Waals surface area contributed by atoms with Gasteiger partial charge in [0.1, 0.15) is 11.3 Å². The van der Waals surface area contributed by atoms with Crippen LogP contribution in [0.25, 0.3) is 11.2 Å². The number of halogens is 1. The smallest absolute Gasteiger partial charge is 0.160 e. The summed E-state index contributed by atoms with van der Waals surface area (Å²) in [6.45, 7) is 7.05. The summed E-state index contributed by atoms with van der Waals surface area (Å²) in [4.78, 5) is 9.57. The van der Waals surface area contributed by atoms with Crippen LogP contribution in [0, 0.1) is 11.8 Å². The zero-order valence-corrected chi connectivity index (χ0v) is 13.5. The summed E-state index contributed by atoms with van der Waals surface area (Å²) < 4.78 is 2.11. The van der Waals surface area contributed by atoms with Crippen LogP contribution in [0.2, 0.25) is 5.02 Å². The Bertz CT molecular complexity index is 635. The number of fused-ring (bicyclic) bond motifs is 1. The highest BCUT2D eigenvalue weighted by molar-refractivity contribution is 7.80. The van der Waals surface area contributed by atoms with Crippen molar-refractivity contribution in [1.82, 2.24) is 14.5 Å². The van der Waals surface area contributed by atoms with Gasteiger partial charge in [0.25, 0.3) is 0 Å². The molecule has 0 aliphatic carbocycles. The molecule has 0 radical (unpaired) electrons. The molecule has 0 bridgehead atoms. The molecule has 0 aliphatic rings. The molecule has 0 saturated carbocycles. The van der Waals surface area contributed by atoms with Crippen molar-refractivity contribution < 1.29 is 0 Å². The molecule has 0 saturated heterocycles. The van der Waals surface area contributed by atoms with Crippen LogP contribution in [0.5, 0.6) is 0 Å². The van der Waals surface area contributed by atoms with Crippen molar-refractivity contribution in [2.24, 2.45) is 17.6 Å². The summed E-state index contributed by atoms with van der Waals surface area (Å²) in [5, 5.41) is 0.598. The molecule has 1 atom stereocenters. The van der Waals surface area contributed by atoms with Crippen LogP contribution in [-0.2, 0) is 13.0 Å². The minimum absolute atomic E-state index is 0.103. The second-order valence-corrected chi connectivity index (χ2v) is 6.44.